The third kappa shape index (κ3) is 3.64. The maximum absolute atomic E-state index is 10.6. The van der Waals surface area contributed by atoms with Crippen molar-refractivity contribution in [2.24, 2.45) is 0 Å². The molecule has 0 heterocycles. The maximum atomic E-state index is 10.6. The van der Waals surface area contributed by atoms with Gasteiger partial charge in [-0.3, -0.25) is 4.79 Å². The number of benzene rings is 1. The first kappa shape index (κ1) is 12.7. The van der Waals surface area contributed by atoms with Crippen LogP contribution in [0.4, 0.5) is 0 Å². The summed E-state index contributed by atoms with van der Waals surface area (Å²) >= 11 is 0. The first-order chi connectivity index (χ1) is 7.50. The van der Waals surface area contributed by atoms with E-state index in [1.165, 1.54) is 6.92 Å². The minimum absolute atomic E-state index is 0.0460. The maximum Gasteiger partial charge on any atom is 0.216 e. The predicted molar refractivity (Wildman–Crippen MR) is 60.8 cm³/mol. The van der Waals surface area contributed by atoms with Crippen molar-refractivity contribution < 1.29 is 15.0 Å². The molecule has 2 unspecified atom stereocenters. The van der Waals surface area contributed by atoms with Crippen LogP contribution in [-0.2, 0) is 4.79 Å². The number of aryl methyl sites for hydroxylation is 1. The number of rotatable bonds is 4. The zero-order valence-corrected chi connectivity index (χ0v) is 9.47. The molecule has 1 aromatic rings. The first-order valence-electron chi connectivity index (χ1n) is 5.18. The lowest BCUT2D eigenvalue weighted by Gasteiger charge is -2.18. The SMILES string of the molecule is CC(=O)NCC(O)C(O)c1ccc(C)cc1. The molecule has 1 aromatic carbocycles. The number of hydrogen-bond donors (Lipinski definition) is 3. The van der Waals surface area contributed by atoms with Crippen molar-refractivity contribution in [2.45, 2.75) is 26.1 Å². The smallest absolute Gasteiger partial charge is 0.216 e. The van der Waals surface area contributed by atoms with E-state index < -0.39 is 12.2 Å². The summed E-state index contributed by atoms with van der Waals surface area (Å²) in [4.78, 5) is 10.6. The van der Waals surface area contributed by atoms with E-state index in [9.17, 15) is 15.0 Å². The third-order valence-electron chi connectivity index (χ3n) is 2.34. The van der Waals surface area contributed by atoms with Gasteiger partial charge >= 0.3 is 0 Å². The Morgan fingerprint density at radius 3 is 2.38 bits per heavy atom. The van der Waals surface area contributed by atoms with Crippen molar-refractivity contribution >= 4 is 5.91 Å². The van der Waals surface area contributed by atoms with Crippen molar-refractivity contribution in [3.63, 3.8) is 0 Å². The van der Waals surface area contributed by atoms with E-state index in [2.05, 4.69) is 5.32 Å². The number of aliphatic hydroxyl groups is 2. The Labute approximate surface area is 94.9 Å². The number of carbonyl (C=O) groups excluding carboxylic acids is 1. The van der Waals surface area contributed by atoms with Crippen LogP contribution in [0.1, 0.15) is 24.2 Å². The van der Waals surface area contributed by atoms with Gasteiger partial charge in [-0.1, -0.05) is 29.8 Å². The molecule has 4 nitrogen and oxygen atoms in total. The Morgan fingerprint density at radius 2 is 1.88 bits per heavy atom. The molecule has 0 saturated heterocycles. The lowest BCUT2D eigenvalue weighted by atomic mass is 10.0. The lowest BCUT2D eigenvalue weighted by molar-refractivity contribution is -0.119. The summed E-state index contributed by atoms with van der Waals surface area (Å²) in [5.41, 5.74) is 1.73. The Balaban J connectivity index is 2.59. The predicted octanol–water partition coefficient (Wildman–Crippen LogP) is 0.525. The highest BCUT2D eigenvalue weighted by Crippen LogP contribution is 2.16. The average Bonchev–Trinajstić information content (AvgIpc) is 2.26. The summed E-state index contributed by atoms with van der Waals surface area (Å²) in [7, 11) is 0. The fourth-order valence-corrected chi connectivity index (χ4v) is 1.35. The van der Waals surface area contributed by atoms with Crippen LogP contribution in [-0.4, -0.2) is 28.8 Å². The Hall–Kier alpha value is -1.39. The second-order valence-corrected chi connectivity index (χ2v) is 3.86. The van der Waals surface area contributed by atoms with Gasteiger partial charge in [-0.05, 0) is 12.5 Å². The largest absolute Gasteiger partial charge is 0.388 e. The second kappa shape index (κ2) is 5.63. The molecule has 0 bridgehead atoms. The Morgan fingerprint density at radius 1 is 1.31 bits per heavy atom. The van der Waals surface area contributed by atoms with Gasteiger partial charge in [0, 0.05) is 13.5 Å². The topological polar surface area (TPSA) is 69.6 Å². The van der Waals surface area contributed by atoms with Crippen molar-refractivity contribution in [3.05, 3.63) is 35.4 Å². The molecule has 2 atom stereocenters. The molecular formula is C12H17NO3. The minimum atomic E-state index is -0.994. The average molecular weight is 223 g/mol. The molecule has 0 spiro atoms. The van der Waals surface area contributed by atoms with Crippen LogP contribution in [0, 0.1) is 6.92 Å². The van der Waals surface area contributed by atoms with E-state index in [1.54, 1.807) is 12.1 Å². The lowest BCUT2D eigenvalue weighted by Crippen LogP contribution is -2.34. The molecule has 4 heteroatoms. The van der Waals surface area contributed by atoms with Crippen molar-refractivity contribution in [1.29, 1.82) is 0 Å². The summed E-state index contributed by atoms with van der Waals surface area (Å²) in [5.74, 6) is -0.227. The summed E-state index contributed by atoms with van der Waals surface area (Å²) in [6.45, 7) is 3.36. The zero-order chi connectivity index (χ0) is 12.1. The van der Waals surface area contributed by atoms with Gasteiger partial charge < -0.3 is 15.5 Å². The molecule has 0 saturated carbocycles. The molecule has 0 aliphatic heterocycles. The third-order valence-corrected chi connectivity index (χ3v) is 2.34. The van der Waals surface area contributed by atoms with E-state index in [4.69, 9.17) is 0 Å². The number of nitrogens with one attached hydrogen (secondary N) is 1. The standard InChI is InChI=1S/C12H17NO3/c1-8-3-5-10(6-4-8)12(16)11(15)7-13-9(2)14/h3-6,11-12,15-16H,7H2,1-2H3,(H,13,14). The van der Waals surface area contributed by atoms with Crippen molar-refractivity contribution in [2.75, 3.05) is 6.54 Å². The van der Waals surface area contributed by atoms with Gasteiger partial charge in [0.25, 0.3) is 0 Å². The van der Waals surface area contributed by atoms with Gasteiger partial charge in [0.1, 0.15) is 12.2 Å². The van der Waals surface area contributed by atoms with Gasteiger partial charge in [0.15, 0.2) is 0 Å². The normalized spacial score (nSPS) is 14.2. The highest BCUT2D eigenvalue weighted by atomic mass is 16.3. The summed E-state index contributed by atoms with van der Waals surface area (Å²) in [5, 5.41) is 21.9. The minimum Gasteiger partial charge on any atom is -0.388 e. The van der Waals surface area contributed by atoms with Gasteiger partial charge in [0.2, 0.25) is 5.91 Å². The fourth-order valence-electron chi connectivity index (χ4n) is 1.35. The number of aliphatic hydroxyl groups excluding tert-OH is 2. The van der Waals surface area contributed by atoms with Gasteiger partial charge in [0.05, 0.1) is 0 Å². The zero-order valence-electron chi connectivity index (χ0n) is 9.47. The highest BCUT2D eigenvalue weighted by Gasteiger charge is 2.18. The van der Waals surface area contributed by atoms with E-state index in [1.807, 2.05) is 19.1 Å². The molecule has 0 aliphatic rings. The van der Waals surface area contributed by atoms with Crippen LogP contribution in [0.2, 0.25) is 0 Å². The first-order valence-corrected chi connectivity index (χ1v) is 5.18. The van der Waals surface area contributed by atoms with Gasteiger partial charge in [-0.25, -0.2) is 0 Å². The van der Waals surface area contributed by atoms with Gasteiger partial charge in [-0.15, -0.1) is 0 Å². The number of carbonyl (C=O) groups is 1. The molecule has 0 aromatic heterocycles. The van der Waals surface area contributed by atoms with Crippen LogP contribution < -0.4 is 5.32 Å². The van der Waals surface area contributed by atoms with Gasteiger partial charge in [-0.2, -0.15) is 0 Å². The molecule has 3 N–H and O–H groups in total. The molecule has 0 fully saturated rings. The molecular weight excluding hydrogens is 206 g/mol. The van der Waals surface area contributed by atoms with Crippen molar-refractivity contribution in [1.82, 2.24) is 5.32 Å². The molecule has 0 aliphatic carbocycles. The number of hydrogen-bond acceptors (Lipinski definition) is 3. The molecule has 16 heavy (non-hydrogen) atoms. The second-order valence-electron chi connectivity index (χ2n) is 3.86. The van der Waals surface area contributed by atoms with Crippen LogP contribution in [0.25, 0.3) is 0 Å². The van der Waals surface area contributed by atoms with E-state index >= 15 is 0 Å². The molecule has 0 radical (unpaired) electrons. The molecule has 88 valence electrons. The van der Waals surface area contributed by atoms with E-state index in [0.29, 0.717) is 5.56 Å². The van der Waals surface area contributed by atoms with E-state index in [0.717, 1.165) is 5.56 Å². The summed E-state index contributed by atoms with van der Waals surface area (Å²) in [6.07, 6.45) is -1.97. The van der Waals surface area contributed by atoms with Crippen LogP contribution in [0.15, 0.2) is 24.3 Å². The quantitative estimate of drug-likeness (QED) is 0.697. The van der Waals surface area contributed by atoms with Crippen LogP contribution in [0.5, 0.6) is 0 Å². The fraction of sp³-hybridized carbons (Fsp3) is 0.417. The molecule has 1 rings (SSSR count). The monoisotopic (exact) mass is 223 g/mol. The van der Waals surface area contributed by atoms with E-state index in [-0.39, 0.29) is 12.5 Å². The summed E-state index contributed by atoms with van der Waals surface area (Å²) in [6, 6.07) is 7.25. The number of amides is 1. The Bertz CT molecular complexity index is 348. The Kier molecular flexibility index (Phi) is 4.46. The van der Waals surface area contributed by atoms with Crippen LogP contribution >= 0.6 is 0 Å². The molecule has 1 amide bonds. The van der Waals surface area contributed by atoms with Crippen molar-refractivity contribution in [3.8, 4) is 0 Å². The highest BCUT2D eigenvalue weighted by molar-refractivity contribution is 5.72. The van der Waals surface area contributed by atoms with Crippen LogP contribution in [0.3, 0.4) is 0 Å². The summed E-state index contributed by atoms with van der Waals surface area (Å²) < 4.78 is 0.